The molecule has 1 fully saturated rings. The van der Waals surface area contributed by atoms with E-state index in [1.165, 1.54) is 7.11 Å². The van der Waals surface area contributed by atoms with E-state index in [1.54, 1.807) is 29.2 Å². The third-order valence-corrected chi connectivity index (χ3v) is 4.79. The number of nitrogens with one attached hydrogen (secondary N) is 1. The van der Waals surface area contributed by atoms with E-state index in [-0.39, 0.29) is 17.4 Å². The first-order valence-electron chi connectivity index (χ1n) is 9.32. The van der Waals surface area contributed by atoms with Crippen LogP contribution in [0.2, 0.25) is 0 Å². The van der Waals surface area contributed by atoms with Crippen molar-refractivity contribution in [3.63, 3.8) is 0 Å². The van der Waals surface area contributed by atoms with Crippen LogP contribution in [-0.4, -0.2) is 50.1 Å². The Morgan fingerprint density at radius 1 is 1.29 bits per heavy atom. The van der Waals surface area contributed by atoms with Crippen LogP contribution in [0.1, 0.15) is 43.5 Å². The zero-order valence-electron chi connectivity index (χ0n) is 16.4. The van der Waals surface area contributed by atoms with Gasteiger partial charge in [-0.25, -0.2) is 9.59 Å². The predicted molar refractivity (Wildman–Crippen MR) is 102 cm³/mol. The van der Waals surface area contributed by atoms with Crippen molar-refractivity contribution in [2.75, 3.05) is 25.2 Å². The van der Waals surface area contributed by atoms with Gasteiger partial charge in [-0.1, -0.05) is 26.3 Å². The molecule has 1 N–H and O–H groups in total. The van der Waals surface area contributed by atoms with E-state index in [4.69, 9.17) is 9.47 Å². The summed E-state index contributed by atoms with van der Waals surface area (Å²) in [6.07, 6.45) is 1.94. The smallest absolute Gasteiger partial charge is 0.338 e. The number of ether oxygens (including phenoxy) is 2. The Kier molecular flexibility index (Phi) is 7.54. The van der Waals surface area contributed by atoms with Gasteiger partial charge >= 0.3 is 11.9 Å². The van der Waals surface area contributed by atoms with Crippen molar-refractivity contribution in [3.8, 4) is 0 Å². The van der Waals surface area contributed by atoms with Gasteiger partial charge in [0.2, 0.25) is 5.91 Å². The lowest BCUT2D eigenvalue weighted by Crippen LogP contribution is -2.47. The average molecular weight is 390 g/mol. The number of carbonyl (C=O) groups is 4. The number of nitrogens with zero attached hydrogens (tertiary/aromatic N) is 1. The lowest BCUT2D eigenvalue weighted by molar-refractivity contribution is -0.147. The predicted octanol–water partition coefficient (Wildman–Crippen LogP) is 1.67. The molecule has 2 amide bonds. The highest BCUT2D eigenvalue weighted by molar-refractivity contribution is 5.98. The molecule has 8 nitrogen and oxygen atoms in total. The van der Waals surface area contributed by atoms with E-state index in [0.29, 0.717) is 25.1 Å². The van der Waals surface area contributed by atoms with Gasteiger partial charge in [0.15, 0.2) is 6.61 Å². The lowest BCUT2D eigenvalue weighted by atomic mass is 9.99. The number of rotatable bonds is 8. The van der Waals surface area contributed by atoms with Gasteiger partial charge in [0, 0.05) is 18.7 Å². The quantitative estimate of drug-likeness (QED) is 0.678. The first-order chi connectivity index (χ1) is 13.4. The number of benzene rings is 1. The van der Waals surface area contributed by atoms with E-state index >= 15 is 0 Å². The number of methoxy groups -OCH3 is 1. The fraction of sp³-hybridized carbons (Fsp3) is 0.500. The number of hydrogen-bond acceptors (Lipinski definition) is 6. The highest BCUT2D eigenvalue weighted by Crippen LogP contribution is 2.22. The zero-order valence-corrected chi connectivity index (χ0v) is 16.4. The third-order valence-electron chi connectivity index (χ3n) is 4.79. The minimum absolute atomic E-state index is 0.0174. The molecule has 2 atom stereocenters. The molecule has 0 aliphatic carbocycles. The van der Waals surface area contributed by atoms with Gasteiger partial charge in [0.05, 0.1) is 12.7 Å². The van der Waals surface area contributed by atoms with E-state index in [2.05, 4.69) is 5.32 Å². The Balaban J connectivity index is 1.95. The van der Waals surface area contributed by atoms with E-state index in [0.717, 1.165) is 6.42 Å². The van der Waals surface area contributed by atoms with Crippen LogP contribution in [0.25, 0.3) is 0 Å². The number of amides is 2. The summed E-state index contributed by atoms with van der Waals surface area (Å²) < 4.78 is 9.76. The average Bonchev–Trinajstić information content (AvgIpc) is 3.15. The summed E-state index contributed by atoms with van der Waals surface area (Å²) in [6.45, 7) is 3.81. The molecule has 152 valence electrons. The molecule has 0 spiro atoms. The van der Waals surface area contributed by atoms with Gasteiger partial charge in [-0.2, -0.15) is 0 Å². The minimum atomic E-state index is -0.800. The summed E-state index contributed by atoms with van der Waals surface area (Å²) in [4.78, 5) is 49.7. The van der Waals surface area contributed by atoms with Crippen LogP contribution in [-0.2, 0) is 23.9 Å². The summed E-state index contributed by atoms with van der Waals surface area (Å²) in [5, 5.41) is 2.54. The van der Waals surface area contributed by atoms with Crippen LogP contribution in [0.3, 0.4) is 0 Å². The van der Waals surface area contributed by atoms with Gasteiger partial charge in [-0.05, 0) is 30.5 Å². The van der Waals surface area contributed by atoms with Gasteiger partial charge < -0.3 is 19.7 Å². The summed E-state index contributed by atoms with van der Waals surface area (Å²) in [6, 6.07) is 5.74. The molecule has 2 unspecified atom stereocenters. The molecule has 8 heteroatoms. The molecule has 28 heavy (non-hydrogen) atoms. The van der Waals surface area contributed by atoms with Crippen LogP contribution >= 0.6 is 0 Å². The van der Waals surface area contributed by atoms with Crippen LogP contribution < -0.4 is 10.2 Å². The normalized spacial score (nSPS) is 15.7. The van der Waals surface area contributed by atoms with Gasteiger partial charge in [-0.3, -0.25) is 9.59 Å². The van der Waals surface area contributed by atoms with Gasteiger partial charge in [-0.15, -0.1) is 0 Å². The molecule has 1 aliphatic heterocycles. The molecular formula is C20H26N2O6. The SMILES string of the molecule is CCC(C)C(NC(=O)COC(=O)c1cccc(N2CCCC2=O)c1)C(=O)OC. The van der Waals surface area contributed by atoms with Crippen molar-refractivity contribution in [1.82, 2.24) is 5.32 Å². The first-order valence-corrected chi connectivity index (χ1v) is 9.32. The van der Waals surface area contributed by atoms with Crippen LogP contribution in [0.15, 0.2) is 24.3 Å². The molecular weight excluding hydrogens is 364 g/mol. The highest BCUT2D eigenvalue weighted by Gasteiger charge is 2.27. The van der Waals surface area contributed by atoms with Crippen molar-refractivity contribution >= 4 is 29.4 Å². The van der Waals surface area contributed by atoms with Crippen molar-refractivity contribution in [2.45, 2.75) is 39.2 Å². The molecule has 0 saturated carbocycles. The molecule has 1 heterocycles. The van der Waals surface area contributed by atoms with E-state index in [9.17, 15) is 19.2 Å². The second-order valence-corrected chi connectivity index (χ2v) is 6.73. The Labute approximate surface area is 164 Å². The number of anilines is 1. The fourth-order valence-corrected chi connectivity index (χ4v) is 2.95. The summed E-state index contributed by atoms with van der Waals surface area (Å²) in [5.41, 5.74) is 0.875. The largest absolute Gasteiger partial charge is 0.467 e. The Hall–Kier alpha value is -2.90. The zero-order chi connectivity index (χ0) is 20.7. The van der Waals surface area contributed by atoms with Gasteiger partial charge in [0.25, 0.3) is 5.91 Å². The second-order valence-electron chi connectivity index (χ2n) is 6.73. The van der Waals surface area contributed by atoms with E-state index in [1.807, 2.05) is 13.8 Å². The first kappa shape index (κ1) is 21.4. The van der Waals surface area contributed by atoms with Crippen molar-refractivity contribution in [2.24, 2.45) is 5.92 Å². The number of carbonyl (C=O) groups excluding carboxylic acids is 4. The molecule has 0 radical (unpaired) electrons. The molecule has 1 saturated heterocycles. The summed E-state index contributed by atoms with van der Waals surface area (Å²) in [5.74, 6) is -1.92. The summed E-state index contributed by atoms with van der Waals surface area (Å²) in [7, 11) is 1.25. The Morgan fingerprint density at radius 2 is 2.04 bits per heavy atom. The molecule has 0 bridgehead atoms. The Bertz CT molecular complexity index is 748. The molecule has 1 aliphatic rings. The fourth-order valence-electron chi connectivity index (χ4n) is 2.95. The third kappa shape index (κ3) is 5.31. The second kappa shape index (κ2) is 9.87. The maximum absolute atomic E-state index is 12.3. The Morgan fingerprint density at radius 3 is 2.64 bits per heavy atom. The monoisotopic (exact) mass is 390 g/mol. The summed E-state index contributed by atoms with van der Waals surface area (Å²) >= 11 is 0. The van der Waals surface area contributed by atoms with Gasteiger partial charge in [0.1, 0.15) is 6.04 Å². The van der Waals surface area contributed by atoms with E-state index < -0.39 is 30.5 Å². The maximum atomic E-state index is 12.3. The van der Waals surface area contributed by atoms with Crippen molar-refractivity contribution in [1.29, 1.82) is 0 Å². The van der Waals surface area contributed by atoms with Crippen molar-refractivity contribution < 1.29 is 28.7 Å². The minimum Gasteiger partial charge on any atom is -0.467 e. The molecule has 2 rings (SSSR count). The molecule has 0 aromatic heterocycles. The number of hydrogen-bond donors (Lipinski definition) is 1. The van der Waals surface area contributed by atoms with Crippen LogP contribution in [0.5, 0.6) is 0 Å². The molecule has 1 aromatic rings. The maximum Gasteiger partial charge on any atom is 0.338 e. The highest BCUT2D eigenvalue weighted by atomic mass is 16.5. The van der Waals surface area contributed by atoms with Crippen molar-refractivity contribution in [3.05, 3.63) is 29.8 Å². The van der Waals surface area contributed by atoms with Crippen LogP contribution in [0.4, 0.5) is 5.69 Å². The standard InChI is InChI=1S/C20H26N2O6/c1-4-13(2)18(20(26)27-3)21-16(23)12-28-19(25)14-7-5-8-15(11-14)22-10-6-9-17(22)24/h5,7-8,11,13,18H,4,6,9-10,12H2,1-3H3,(H,21,23). The van der Waals surface area contributed by atoms with Crippen LogP contribution in [0, 0.1) is 5.92 Å². The number of esters is 2. The lowest BCUT2D eigenvalue weighted by Gasteiger charge is -2.21. The molecule has 1 aromatic carbocycles. The topological polar surface area (TPSA) is 102 Å².